The first-order chi connectivity index (χ1) is 17.3. The van der Waals surface area contributed by atoms with Crippen LogP contribution in [0.15, 0.2) is 34.7 Å². The topological polar surface area (TPSA) is 101 Å². The lowest BCUT2D eigenvalue weighted by molar-refractivity contribution is -0.141. The van der Waals surface area contributed by atoms with Gasteiger partial charge in [0, 0.05) is 31.7 Å². The third-order valence-electron chi connectivity index (χ3n) is 6.85. The number of hydrogen-bond donors (Lipinski definition) is 2. The number of ether oxygens (including phenoxy) is 1. The third kappa shape index (κ3) is 5.17. The Morgan fingerprint density at radius 1 is 1.11 bits per heavy atom. The van der Waals surface area contributed by atoms with E-state index in [0.717, 1.165) is 37.8 Å². The Hall–Kier alpha value is -3.18. The fourth-order valence-corrected chi connectivity index (χ4v) is 4.82. The summed E-state index contributed by atoms with van der Waals surface area (Å²) in [7, 11) is 0. The highest BCUT2D eigenvalue weighted by molar-refractivity contribution is 6.06. The van der Waals surface area contributed by atoms with Gasteiger partial charge in [0.2, 0.25) is 0 Å². The summed E-state index contributed by atoms with van der Waals surface area (Å²) in [5.41, 5.74) is 0.756. The summed E-state index contributed by atoms with van der Waals surface area (Å²) in [5.74, 6) is 0.332. The number of halogens is 3. The first-order valence-electron chi connectivity index (χ1n) is 12.1. The number of aliphatic hydroxyl groups excluding tert-OH is 1. The molecule has 8 nitrogen and oxygen atoms in total. The lowest BCUT2D eigenvalue weighted by Crippen LogP contribution is -2.36. The van der Waals surface area contributed by atoms with Crippen LogP contribution in [0.25, 0.3) is 11.1 Å². The minimum absolute atomic E-state index is 0.152. The Labute approximate surface area is 205 Å². The van der Waals surface area contributed by atoms with Crippen molar-refractivity contribution in [2.45, 2.75) is 37.8 Å². The zero-order valence-corrected chi connectivity index (χ0v) is 19.6. The van der Waals surface area contributed by atoms with E-state index >= 15 is 0 Å². The van der Waals surface area contributed by atoms with Crippen molar-refractivity contribution in [2.75, 3.05) is 43.1 Å². The molecule has 1 aromatic carbocycles. The number of anilines is 2. The molecule has 192 valence electrons. The standard InChI is InChI=1S/C25H27F3N4O4/c26-25(27,28)22-3-1-2-17(29-22)23(34)30-18-13-21-19(12-20(18)32-8-10-35-11-9-32)31-24(36-21)16-6-4-15(14-33)5-7-16/h1-3,12-13,15-16,33H,4-11,14H2,(H,30,34). The summed E-state index contributed by atoms with van der Waals surface area (Å²) in [5, 5.41) is 12.1. The molecule has 36 heavy (non-hydrogen) atoms. The van der Waals surface area contributed by atoms with Gasteiger partial charge >= 0.3 is 6.18 Å². The number of hydrogen-bond acceptors (Lipinski definition) is 7. The number of alkyl halides is 3. The number of amides is 1. The van der Waals surface area contributed by atoms with E-state index in [1.54, 1.807) is 6.07 Å². The van der Waals surface area contributed by atoms with Crippen LogP contribution in [0, 0.1) is 5.92 Å². The van der Waals surface area contributed by atoms with Crippen LogP contribution in [-0.2, 0) is 10.9 Å². The van der Waals surface area contributed by atoms with Crippen LogP contribution >= 0.6 is 0 Å². The number of oxazole rings is 1. The first kappa shape index (κ1) is 24.5. The Bertz CT molecular complexity index is 1230. The molecule has 11 heteroatoms. The predicted molar refractivity (Wildman–Crippen MR) is 126 cm³/mol. The van der Waals surface area contributed by atoms with Crippen LogP contribution < -0.4 is 10.2 Å². The van der Waals surface area contributed by atoms with Gasteiger partial charge < -0.3 is 24.5 Å². The smallest absolute Gasteiger partial charge is 0.433 e. The van der Waals surface area contributed by atoms with E-state index < -0.39 is 17.8 Å². The Morgan fingerprint density at radius 3 is 2.56 bits per heavy atom. The second kappa shape index (κ2) is 10.1. The number of nitrogens with zero attached hydrogens (tertiary/aromatic N) is 3. The number of fused-ring (bicyclic) bond motifs is 1. The molecule has 0 atom stereocenters. The van der Waals surface area contributed by atoms with Gasteiger partial charge in [-0.2, -0.15) is 13.2 Å². The fraction of sp³-hybridized carbons (Fsp3) is 0.480. The molecule has 1 aliphatic heterocycles. The molecule has 2 aliphatic rings. The summed E-state index contributed by atoms with van der Waals surface area (Å²) in [4.78, 5) is 23.2. The second-order valence-electron chi connectivity index (χ2n) is 9.25. The van der Waals surface area contributed by atoms with E-state index in [-0.39, 0.29) is 18.2 Å². The van der Waals surface area contributed by atoms with Gasteiger partial charge in [-0.05, 0) is 49.8 Å². The molecular weight excluding hydrogens is 477 g/mol. The summed E-state index contributed by atoms with van der Waals surface area (Å²) in [6, 6.07) is 6.73. The van der Waals surface area contributed by atoms with Gasteiger partial charge in [-0.15, -0.1) is 0 Å². The Morgan fingerprint density at radius 2 is 1.86 bits per heavy atom. The van der Waals surface area contributed by atoms with Crippen molar-refractivity contribution in [3.8, 4) is 0 Å². The normalized spacial score (nSPS) is 21.1. The molecule has 3 aromatic rings. The quantitative estimate of drug-likeness (QED) is 0.524. The highest BCUT2D eigenvalue weighted by Gasteiger charge is 2.33. The third-order valence-corrected chi connectivity index (χ3v) is 6.85. The highest BCUT2D eigenvalue weighted by atomic mass is 19.4. The number of rotatable bonds is 5. The SMILES string of the molecule is O=C(Nc1cc2oc(C3CCC(CO)CC3)nc2cc1N1CCOCC1)c1cccc(C(F)(F)F)n1. The average molecular weight is 505 g/mol. The van der Waals surface area contributed by atoms with Crippen LogP contribution in [0.4, 0.5) is 24.5 Å². The van der Waals surface area contributed by atoms with Gasteiger partial charge in [0.1, 0.15) is 16.9 Å². The largest absolute Gasteiger partial charge is 0.440 e. The summed E-state index contributed by atoms with van der Waals surface area (Å²) in [6.07, 6.45) is -1.09. The van der Waals surface area contributed by atoms with Gasteiger partial charge in [-0.25, -0.2) is 9.97 Å². The van der Waals surface area contributed by atoms with E-state index in [0.29, 0.717) is 60.6 Å². The Kier molecular flexibility index (Phi) is 6.85. The van der Waals surface area contributed by atoms with Crippen LogP contribution in [-0.4, -0.2) is 53.9 Å². The van der Waals surface area contributed by atoms with Crippen molar-refractivity contribution in [1.29, 1.82) is 0 Å². The molecule has 2 aromatic heterocycles. The maximum atomic E-state index is 13.1. The monoisotopic (exact) mass is 504 g/mol. The molecule has 1 saturated heterocycles. The van der Waals surface area contributed by atoms with Gasteiger partial charge in [-0.1, -0.05) is 6.07 Å². The molecular formula is C25H27F3N4O4. The number of aliphatic hydroxyl groups is 1. The number of benzene rings is 1. The molecule has 1 amide bonds. The van der Waals surface area contributed by atoms with Gasteiger partial charge in [0.05, 0.1) is 24.6 Å². The lowest BCUT2D eigenvalue weighted by Gasteiger charge is -2.30. The minimum atomic E-state index is -4.65. The zero-order valence-electron chi connectivity index (χ0n) is 19.6. The van der Waals surface area contributed by atoms with Gasteiger partial charge in [0.25, 0.3) is 5.91 Å². The average Bonchev–Trinajstić information content (AvgIpc) is 3.31. The van der Waals surface area contributed by atoms with E-state index in [1.165, 1.54) is 6.07 Å². The number of pyridine rings is 1. The lowest BCUT2D eigenvalue weighted by atomic mass is 9.82. The maximum Gasteiger partial charge on any atom is 0.433 e. The minimum Gasteiger partial charge on any atom is -0.440 e. The number of aromatic nitrogens is 2. The van der Waals surface area contributed by atoms with Crippen molar-refractivity contribution >= 4 is 28.4 Å². The molecule has 0 spiro atoms. The maximum absolute atomic E-state index is 13.1. The highest BCUT2D eigenvalue weighted by Crippen LogP contribution is 2.39. The van der Waals surface area contributed by atoms with Crippen LogP contribution in [0.1, 0.15) is 53.7 Å². The fourth-order valence-electron chi connectivity index (χ4n) is 4.82. The number of morpholine rings is 1. The molecule has 1 saturated carbocycles. The second-order valence-corrected chi connectivity index (χ2v) is 9.25. The first-order valence-corrected chi connectivity index (χ1v) is 12.1. The van der Waals surface area contributed by atoms with Gasteiger partial charge in [-0.3, -0.25) is 4.79 Å². The molecule has 0 radical (unpaired) electrons. The van der Waals surface area contributed by atoms with Crippen LogP contribution in [0.5, 0.6) is 0 Å². The Balaban J connectivity index is 1.46. The van der Waals surface area contributed by atoms with E-state index in [2.05, 4.69) is 10.3 Å². The van der Waals surface area contributed by atoms with Crippen molar-refractivity contribution in [1.82, 2.24) is 9.97 Å². The van der Waals surface area contributed by atoms with E-state index in [1.807, 2.05) is 11.0 Å². The molecule has 3 heterocycles. The molecule has 0 unspecified atom stereocenters. The number of carbonyl (C=O) groups excluding carboxylic acids is 1. The van der Waals surface area contributed by atoms with Crippen LogP contribution in [0.2, 0.25) is 0 Å². The van der Waals surface area contributed by atoms with Crippen molar-refractivity contribution in [3.05, 3.63) is 47.6 Å². The number of carbonyl (C=O) groups is 1. The van der Waals surface area contributed by atoms with E-state index in [9.17, 15) is 23.1 Å². The summed E-state index contributed by atoms with van der Waals surface area (Å²) in [6.45, 7) is 2.39. The zero-order chi connectivity index (χ0) is 25.3. The van der Waals surface area contributed by atoms with Gasteiger partial charge in [0.15, 0.2) is 11.5 Å². The molecule has 0 bridgehead atoms. The summed E-state index contributed by atoms with van der Waals surface area (Å²) < 4.78 is 50.8. The molecule has 5 rings (SSSR count). The summed E-state index contributed by atoms with van der Waals surface area (Å²) >= 11 is 0. The van der Waals surface area contributed by atoms with Crippen LogP contribution in [0.3, 0.4) is 0 Å². The van der Waals surface area contributed by atoms with E-state index in [4.69, 9.17) is 14.1 Å². The van der Waals surface area contributed by atoms with Crippen molar-refractivity contribution in [3.63, 3.8) is 0 Å². The molecule has 2 N–H and O–H groups in total. The molecule has 2 fully saturated rings. The molecule has 1 aliphatic carbocycles. The van der Waals surface area contributed by atoms with Crippen molar-refractivity contribution in [2.24, 2.45) is 5.92 Å². The van der Waals surface area contributed by atoms with Crippen molar-refractivity contribution < 1.29 is 32.2 Å². The predicted octanol–water partition coefficient (Wildman–Crippen LogP) is 4.60. The number of nitrogens with one attached hydrogen (secondary N) is 1.